The molecule has 3 aromatic rings. The molecule has 0 aliphatic rings. The number of hydrogen-bond acceptors (Lipinski definition) is 3. The van der Waals surface area contributed by atoms with E-state index in [0.29, 0.717) is 5.56 Å². The summed E-state index contributed by atoms with van der Waals surface area (Å²) < 4.78 is 45.3. The smallest absolute Gasteiger partial charge is 0.423 e. The second-order valence-corrected chi connectivity index (χ2v) is 7.51. The minimum atomic E-state index is -4.85. The van der Waals surface area contributed by atoms with Gasteiger partial charge in [0, 0.05) is 6.42 Å². The van der Waals surface area contributed by atoms with Crippen LogP contribution < -0.4 is 4.74 Å². The van der Waals surface area contributed by atoms with Crippen molar-refractivity contribution in [3.05, 3.63) is 82.9 Å². The fourth-order valence-electron chi connectivity index (χ4n) is 3.60. The van der Waals surface area contributed by atoms with Crippen molar-refractivity contribution in [2.24, 2.45) is 0 Å². The van der Waals surface area contributed by atoms with Gasteiger partial charge in [-0.05, 0) is 47.7 Å². The van der Waals surface area contributed by atoms with Crippen molar-refractivity contribution in [3.63, 3.8) is 0 Å². The second kappa shape index (κ2) is 9.90. The van der Waals surface area contributed by atoms with E-state index in [1.54, 1.807) is 19.1 Å². The van der Waals surface area contributed by atoms with Crippen LogP contribution in [0.25, 0.3) is 11.1 Å². The predicted octanol–water partition coefficient (Wildman–Crippen LogP) is 6.85. The minimum absolute atomic E-state index is 0.00346. The molecule has 1 N–H and O–H groups in total. The largest absolute Gasteiger partial charge is 0.506 e. The Balaban J connectivity index is 1.80. The number of carbonyl (C=O) groups is 1. The van der Waals surface area contributed by atoms with Gasteiger partial charge in [0.15, 0.2) is 5.78 Å². The molecular formula is C26H25F3O3. The Labute approximate surface area is 185 Å². The van der Waals surface area contributed by atoms with Crippen LogP contribution in [0.3, 0.4) is 0 Å². The van der Waals surface area contributed by atoms with E-state index < -0.39 is 29.0 Å². The summed E-state index contributed by atoms with van der Waals surface area (Å²) in [6, 6.07) is 17.8. The standard InChI is InChI=1S/C26H25F3O3/c1-3-5-17-6-10-19(11-7-17)20-12-8-18(9-13-20)16-22(30)21-14-15-23(32-4-2)24(25(21)31)26(27,28)29/h6-15,31H,3-5,16H2,1-2H3. The normalized spacial score (nSPS) is 11.4. The highest BCUT2D eigenvalue weighted by molar-refractivity contribution is 6.00. The van der Waals surface area contributed by atoms with Crippen LogP contribution in [0.5, 0.6) is 11.5 Å². The summed E-state index contributed by atoms with van der Waals surface area (Å²) in [6.45, 7) is 3.67. The maximum absolute atomic E-state index is 13.4. The summed E-state index contributed by atoms with van der Waals surface area (Å²) in [5.74, 6) is -2.20. The zero-order chi connectivity index (χ0) is 23.3. The highest BCUT2D eigenvalue weighted by Crippen LogP contribution is 2.44. The lowest BCUT2D eigenvalue weighted by atomic mass is 9.97. The van der Waals surface area contributed by atoms with Gasteiger partial charge in [0.2, 0.25) is 0 Å². The van der Waals surface area contributed by atoms with E-state index in [1.165, 1.54) is 11.6 Å². The summed E-state index contributed by atoms with van der Waals surface area (Å²) in [5.41, 5.74) is 2.23. The van der Waals surface area contributed by atoms with Crippen LogP contribution in [0.15, 0.2) is 60.7 Å². The number of carbonyl (C=O) groups excluding carboxylic acids is 1. The first-order chi connectivity index (χ1) is 15.2. The molecule has 0 saturated heterocycles. The predicted molar refractivity (Wildman–Crippen MR) is 118 cm³/mol. The van der Waals surface area contributed by atoms with Gasteiger partial charge in [-0.25, -0.2) is 0 Å². The van der Waals surface area contributed by atoms with Gasteiger partial charge in [0.1, 0.15) is 17.1 Å². The monoisotopic (exact) mass is 442 g/mol. The molecule has 0 amide bonds. The first-order valence-electron chi connectivity index (χ1n) is 10.5. The van der Waals surface area contributed by atoms with Crippen LogP contribution in [0.4, 0.5) is 13.2 Å². The number of benzene rings is 3. The Kier molecular flexibility index (Phi) is 7.23. The number of phenols is 1. The maximum Gasteiger partial charge on any atom is 0.423 e. The number of Topliss-reactive ketones (excluding diaryl/α,β-unsaturated/α-hetero) is 1. The molecule has 3 rings (SSSR count). The number of rotatable bonds is 8. The van der Waals surface area contributed by atoms with E-state index in [2.05, 4.69) is 19.1 Å². The number of aromatic hydroxyl groups is 1. The van der Waals surface area contributed by atoms with E-state index in [1.807, 2.05) is 24.3 Å². The van der Waals surface area contributed by atoms with Gasteiger partial charge in [0.25, 0.3) is 0 Å². The molecule has 0 saturated carbocycles. The Bertz CT molecular complexity index is 1070. The third-order valence-electron chi connectivity index (χ3n) is 5.17. The second-order valence-electron chi connectivity index (χ2n) is 7.51. The van der Waals surface area contributed by atoms with Crippen LogP contribution in [-0.2, 0) is 19.0 Å². The Morgan fingerprint density at radius 2 is 1.44 bits per heavy atom. The fraction of sp³-hybridized carbons (Fsp3) is 0.269. The zero-order valence-corrected chi connectivity index (χ0v) is 18.0. The van der Waals surface area contributed by atoms with E-state index in [0.717, 1.165) is 30.0 Å². The van der Waals surface area contributed by atoms with E-state index in [4.69, 9.17) is 4.74 Å². The number of halogens is 3. The van der Waals surface area contributed by atoms with Crippen molar-refractivity contribution in [2.75, 3.05) is 6.61 Å². The van der Waals surface area contributed by atoms with Crippen molar-refractivity contribution >= 4 is 5.78 Å². The van der Waals surface area contributed by atoms with Crippen molar-refractivity contribution in [1.29, 1.82) is 0 Å². The molecule has 32 heavy (non-hydrogen) atoms. The number of phenolic OH excluding ortho intramolecular Hbond substituents is 1. The fourth-order valence-corrected chi connectivity index (χ4v) is 3.60. The molecule has 0 bridgehead atoms. The van der Waals surface area contributed by atoms with Crippen molar-refractivity contribution < 1.29 is 27.8 Å². The molecule has 0 aliphatic heterocycles. The minimum Gasteiger partial charge on any atom is -0.506 e. The number of ketones is 1. The first kappa shape index (κ1) is 23.4. The summed E-state index contributed by atoms with van der Waals surface area (Å²) in [6.07, 6.45) is -2.88. The van der Waals surface area contributed by atoms with Crippen LogP contribution in [0, 0.1) is 0 Å². The lowest BCUT2D eigenvalue weighted by Crippen LogP contribution is -2.12. The molecule has 0 radical (unpaired) electrons. The highest BCUT2D eigenvalue weighted by atomic mass is 19.4. The Morgan fingerprint density at radius 1 is 0.875 bits per heavy atom. The van der Waals surface area contributed by atoms with Crippen LogP contribution in [0.1, 0.15) is 47.3 Å². The maximum atomic E-state index is 13.4. The molecule has 0 aromatic heterocycles. The molecule has 0 heterocycles. The van der Waals surface area contributed by atoms with Gasteiger partial charge >= 0.3 is 6.18 Å². The van der Waals surface area contributed by atoms with Crippen LogP contribution in [-0.4, -0.2) is 17.5 Å². The first-order valence-corrected chi connectivity index (χ1v) is 10.5. The van der Waals surface area contributed by atoms with Crippen LogP contribution in [0.2, 0.25) is 0 Å². The van der Waals surface area contributed by atoms with E-state index in [9.17, 15) is 23.1 Å². The number of hydrogen-bond donors (Lipinski definition) is 1. The van der Waals surface area contributed by atoms with Crippen molar-refractivity contribution in [1.82, 2.24) is 0 Å². The average molecular weight is 442 g/mol. The molecule has 0 fully saturated rings. The van der Waals surface area contributed by atoms with Gasteiger partial charge in [-0.15, -0.1) is 0 Å². The van der Waals surface area contributed by atoms with Crippen molar-refractivity contribution in [3.8, 4) is 22.6 Å². The highest BCUT2D eigenvalue weighted by Gasteiger charge is 2.39. The Morgan fingerprint density at radius 3 is 1.94 bits per heavy atom. The number of ether oxygens (including phenoxy) is 1. The molecule has 168 valence electrons. The molecule has 3 nitrogen and oxygen atoms in total. The molecule has 3 aromatic carbocycles. The number of alkyl halides is 3. The van der Waals surface area contributed by atoms with E-state index >= 15 is 0 Å². The summed E-state index contributed by atoms with van der Waals surface area (Å²) in [7, 11) is 0. The molecule has 0 aliphatic carbocycles. The molecule has 0 unspecified atom stereocenters. The average Bonchev–Trinajstić information content (AvgIpc) is 2.74. The van der Waals surface area contributed by atoms with Gasteiger partial charge < -0.3 is 9.84 Å². The molecule has 6 heteroatoms. The van der Waals surface area contributed by atoms with Gasteiger partial charge in [-0.1, -0.05) is 61.9 Å². The Hall–Kier alpha value is -3.28. The van der Waals surface area contributed by atoms with Crippen molar-refractivity contribution in [2.45, 2.75) is 39.3 Å². The summed E-state index contributed by atoms with van der Waals surface area (Å²) >= 11 is 0. The lowest BCUT2D eigenvalue weighted by Gasteiger charge is -2.16. The van der Waals surface area contributed by atoms with Gasteiger partial charge in [-0.3, -0.25) is 4.79 Å². The third kappa shape index (κ3) is 5.31. The topological polar surface area (TPSA) is 46.5 Å². The van der Waals surface area contributed by atoms with Crippen LogP contribution >= 0.6 is 0 Å². The van der Waals surface area contributed by atoms with Gasteiger partial charge in [0.05, 0.1) is 12.2 Å². The number of aryl methyl sites for hydroxylation is 1. The molecular weight excluding hydrogens is 417 g/mol. The SMILES string of the molecule is CCCc1ccc(-c2ccc(CC(=O)c3ccc(OCC)c(C(F)(F)F)c3O)cc2)cc1. The van der Waals surface area contributed by atoms with Gasteiger partial charge in [-0.2, -0.15) is 13.2 Å². The third-order valence-corrected chi connectivity index (χ3v) is 5.17. The summed E-state index contributed by atoms with van der Waals surface area (Å²) in [4.78, 5) is 12.7. The lowest BCUT2D eigenvalue weighted by molar-refractivity contribution is -0.140. The zero-order valence-electron chi connectivity index (χ0n) is 18.0. The quantitative estimate of drug-likeness (QED) is 0.388. The summed E-state index contributed by atoms with van der Waals surface area (Å²) in [5, 5.41) is 10.2. The molecule has 0 atom stereocenters. The molecule has 0 spiro atoms. The van der Waals surface area contributed by atoms with E-state index in [-0.39, 0.29) is 18.6 Å².